The van der Waals surface area contributed by atoms with Crippen LogP contribution in [0.4, 0.5) is 32.0 Å². The summed E-state index contributed by atoms with van der Waals surface area (Å²) in [6, 6.07) is 34.2. The highest BCUT2D eigenvalue weighted by Crippen LogP contribution is 2.45. The largest absolute Gasteiger partial charge is 0.490 e. The van der Waals surface area contributed by atoms with Gasteiger partial charge in [0.25, 0.3) is 0 Å². The molecule has 6 bridgehead atoms. The van der Waals surface area contributed by atoms with Crippen LogP contribution < -0.4 is 38.6 Å². The maximum atomic E-state index is 12.8. The van der Waals surface area contributed by atoms with Crippen LogP contribution in [-0.4, -0.2) is 92.3 Å². The van der Waals surface area contributed by atoms with E-state index >= 15 is 0 Å². The number of halogens is 7. The summed E-state index contributed by atoms with van der Waals surface area (Å²) in [5.41, 5.74) is 3.98. The molecule has 18 heteroatoms. The molecule has 0 spiro atoms. The maximum Gasteiger partial charge on any atom is 0.433 e. The van der Waals surface area contributed by atoms with Crippen molar-refractivity contribution < 1.29 is 56.2 Å². The topological polar surface area (TPSA) is 99.7 Å². The van der Waals surface area contributed by atoms with E-state index in [0.29, 0.717) is 58.8 Å². The van der Waals surface area contributed by atoms with Gasteiger partial charge >= 0.3 is 12.4 Å². The number of ether oxygens (including phenoxy) is 6. The van der Waals surface area contributed by atoms with Crippen LogP contribution in [0.1, 0.15) is 121 Å². The van der Waals surface area contributed by atoms with E-state index in [1.807, 2.05) is 25.1 Å². The Morgan fingerprint density at radius 2 is 0.888 bits per heavy atom. The van der Waals surface area contributed by atoms with Gasteiger partial charge in [-0.15, -0.1) is 0 Å². The number of aryl methyl sites for hydroxylation is 3. The van der Waals surface area contributed by atoms with Crippen molar-refractivity contribution in [2.75, 3.05) is 64.0 Å². The second-order valence-electron chi connectivity index (χ2n) is 24.4. The fourth-order valence-corrected chi connectivity index (χ4v) is 13.3. The SMILES string of the molecule is C.CCCOc1cc(C)ccc1OC1[C@@H]2CC[C@H]1CN(Cc1ccccc1)C2.CCCOc1cc(C)ccc1OC1[C@@H]2CC[C@H]1CN(c1ccc(C(F)(F)F)nc1)C2.CCCOc1cc(C)ccc1OC1[C@@H]2CC[C@H]1CNC2.FC(F)(F)c1ccc(Br)cn1.[HH]. The highest BCUT2D eigenvalue weighted by Gasteiger charge is 2.46. The Hall–Kier alpha value is -6.24. The molecule has 486 valence electrons. The minimum Gasteiger partial charge on any atom is -0.490 e. The maximum absolute atomic E-state index is 12.8. The molecule has 3 aliphatic carbocycles. The Bertz CT molecular complexity index is 3090. The Morgan fingerprint density at radius 1 is 0.494 bits per heavy atom. The lowest BCUT2D eigenvalue weighted by molar-refractivity contribution is -0.141. The van der Waals surface area contributed by atoms with Gasteiger partial charge in [0, 0.05) is 93.4 Å². The number of hydrogen-bond acceptors (Lipinski definition) is 11. The number of likely N-dealkylation sites (tertiary alicyclic amines) is 1. The second kappa shape index (κ2) is 32.2. The lowest BCUT2D eigenvalue weighted by atomic mass is 9.94. The fraction of sp³-hybridized carbons (Fsp3) is 0.521. The molecule has 12 rings (SSSR count). The smallest absolute Gasteiger partial charge is 0.433 e. The predicted molar refractivity (Wildman–Crippen MR) is 345 cm³/mol. The van der Waals surface area contributed by atoms with Gasteiger partial charge < -0.3 is 38.6 Å². The summed E-state index contributed by atoms with van der Waals surface area (Å²) in [4.78, 5) is 11.5. The lowest BCUT2D eigenvalue weighted by Gasteiger charge is -2.39. The molecule has 11 nitrogen and oxygen atoms in total. The number of alkyl halides is 6. The van der Waals surface area contributed by atoms with Crippen molar-refractivity contribution in [3.63, 3.8) is 0 Å². The minimum absolute atomic E-state index is 0. The summed E-state index contributed by atoms with van der Waals surface area (Å²) in [6.07, 6.45) is 4.66. The summed E-state index contributed by atoms with van der Waals surface area (Å²) in [5, 5.41) is 3.51. The Labute approximate surface area is 533 Å². The first-order chi connectivity index (χ1) is 42.3. The number of nitrogens with one attached hydrogen (secondary N) is 1. The molecule has 4 aromatic carbocycles. The van der Waals surface area contributed by atoms with Crippen LogP contribution in [0.25, 0.3) is 0 Å². The molecular weight excluding hydrogens is 1210 g/mol. The number of pyridine rings is 2. The molecule has 1 N–H and O–H groups in total. The fourth-order valence-electron chi connectivity index (χ4n) is 13.1. The van der Waals surface area contributed by atoms with Gasteiger partial charge in [0.05, 0.1) is 31.7 Å². The quantitative estimate of drug-likeness (QED) is 0.0833. The van der Waals surface area contributed by atoms with E-state index in [2.05, 4.69) is 142 Å². The number of piperidine rings is 3. The lowest BCUT2D eigenvalue weighted by Crippen LogP contribution is -2.47. The zero-order valence-electron chi connectivity index (χ0n) is 51.6. The Balaban J connectivity index is 0.000000178. The van der Waals surface area contributed by atoms with Gasteiger partial charge in [-0.2, -0.15) is 26.3 Å². The molecular formula is C71H92BrF6N5O6. The van der Waals surface area contributed by atoms with Crippen molar-refractivity contribution in [1.82, 2.24) is 20.2 Å². The molecule has 3 saturated heterocycles. The van der Waals surface area contributed by atoms with Gasteiger partial charge in [0.1, 0.15) is 29.7 Å². The minimum atomic E-state index is -4.41. The Kier molecular flexibility index (Phi) is 24.8. The molecule has 3 aliphatic heterocycles. The number of hydrogen-bond donors (Lipinski definition) is 1. The van der Waals surface area contributed by atoms with Crippen LogP contribution in [0.3, 0.4) is 0 Å². The number of fused-ring (bicyclic) bond motifs is 6. The van der Waals surface area contributed by atoms with E-state index < -0.39 is 23.7 Å². The van der Waals surface area contributed by atoms with Crippen molar-refractivity contribution in [3.05, 3.63) is 160 Å². The molecule has 89 heavy (non-hydrogen) atoms. The highest BCUT2D eigenvalue weighted by atomic mass is 79.9. The predicted octanol–water partition coefficient (Wildman–Crippen LogP) is 17.5. The van der Waals surface area contributed by atoms with Crippen LogP contribution in [-0.2, 0) is 18.9 Å². The molecule has 6 aromatic rings. The summed E-state index contributed by atoms with van der Waals surface area (Å²) < 4.78 is 112. The summed E-state index contributed by atoms with van der Waals surface area (Å²) in [6.45, 7) is 21.7. The van der Waals surface area contributed by atoms with Crippen molar-refractivity contribution in [3.8, 4) is 34.5 Å². The van der Waals surface area contributed by atoms with Crippen molar-refractivity contribution in [2.45, 2.75) is 144 Å². The van der Waals surface area contributed by atoms with Gasteiger partial charge in [0.2, 0.25) is 0 Å². The number of aromatic nitrogens is 2. The van der Waals surface area contributed by atoms with Gasteiger partial charge in [-0.25, -0.2) is 4.98 Å². The van der Waals surface area contributed by atoms with E-state index in [9.17, 15) is 26.3 Å². The number of benzene rings is 4. The van der Waals surface area contributed by atoms with E-state index in [1.165, 1.54) is 60.7 Å². The molecule has 6 fully saturated rings. The number of nitrogens with zero attached hydrogens (tertiary/aromatic N) is 4. The first kappa shape index (κ1) is 68.7. The molecule has 3 unspecified atom stereocenters. The van der Waals surface area contributed by atoms with Crippen LogP contribution in [0.5, 0.6) is 34.5 Å². The van der Waals surface area contributed by atoms with Crippen molar-refractivity contribution in [1.29, 1.82) is 0 Å². The van der Waals surface area contributed by atoms with Gasteiger partial charge in [-0.3, -0.25) is 9.88 Å². The summed E-state index contributed by atoms with van der Waals surface area (Å²) >= 11 is 2.98. The molecule has 3 saturated carbocycles. The zero-order valence-corrected chi connectivity index (χ0v) is 53.1. The van der Waals surface area contributed by atoms with Crippen LogP contribution in [0, 0.1) is 56.3 Å². The highest BCUT2D eigenvalue weighted by molar-refractivity contribution is 9.10. The monoisotopic (exact) mass is 1300 g/mol. The van der Waals surface area contributed by atoms with E-state index in [1.54, 1.807) is 0 Å². The molecule has 5 heterocycles. The third-order valence-corrected chi connectivity index (χ3v) is 17.8. The molecule has 6 aliphatic rings. The van der Waals surface area contributed by atoms with Gasteiger partial charge in [0.15, 0.2) is 34.5 Å². The zero-order chi connectivity index (χ0) is 62.4. The molecule has 9 atom stereocenters. The van der Waals surface area contributed by atoms with Crippen molar-refractivity contribution in [2.24, 2.45) is 35.5 Å². The van der Waals surface area contributed by atoms with Gasteiger partial charge in [-0.05, 0) is 177 Å². The van der Waals surface area contributed by atoms with Crippen LogP contribution in [0.2, 0.25) is 0 Å². The second-order valence-corrected chi connectivity index (χ2v) is 25.4. The van der Waals surface area contributed by atoms with E-state index in [-0.39, 0.29) is 15.0 Å². The van der Waals surface area contributed by atoms with Crippen LogP contribution >= 0.6 is 15.9 Å². The third-order valence-electron chi connectivity index (χ3n) is 17.4. The normalized spacial score (nSPS) is 23.2. The van der Waals surface area contributed by atoms with E-state index in [4.69, 9.17) is 28.4 Å². The number of rotatable bonds is 18. The third kappa shape index (κ3) is 18.9. The Morgan fingerprint density at radius 3 is 1.27 bits per heavy atom. The van der Waals surface area contributed by atoms with Crippen molar-refractivity contribution >= 4 is 21.6 Å². The molecule has 0 radical (unpaired) electrons. The standard InChI is InChI=1S/C24H31NO2.C23H27F3N2O2.C17H25NO2.C6H3BrF3N.CH4.H2/c1-3-13-26-23-14-18(2)9-12-22(23)27-24-20-10-11-21(24)17-25(16-20)15-19-7-5-4-6-8-19;1-3-10-29-20-11-15(2)4-8-19(20)30-22-16-5-6-17(22)14-28(13-16)18-7-9-21(27-12-18)23(24,25)26;1-3-8-19-16-9-12(2)4-7-15(16)20-17-13-5-6-14(17)11-18-10-13;7-4-1-2-5(11-3-4)6(8,9)10;;/h4-9,12,14,20-21,24H,3,10-11,13,15-17H2,1-2H3;4,7-9,11-12,16-17,22H,3,5-6,10,13-14H2,1-2H3;4,7,9,13-14,17-18H,3,5-6,8,10-11H2,1-2H3;1-3H;1H4;1H/t20-,21+,24?;16-,17+,22?;13-,14+,17?;;;. The average Bonchev–Trinajstić information content (AvgIpc) is 2.17. The van der Waals surface area contributed by atoms with Crippen LogP contribution in [0.15, 0.2) is 126 Å². The first-order valence-electron chi connectivity index (χ1n) is 31.5. The molecule has 0 amide bonds. The van der Waals surface area contributed by atoms with Gasteiger partial charge in [-0.1, -0.05) is 76.7 Å². The first-order valence-corrected chi connectivity index (χ1v) is 32.3. The summed E-state index contributed by atoms with van der Waals surface area (Å²) in [7, 11) is 0. The van der Waals surface area contributed by atoms with E-state index in [0.717, 1.165) is 155 Å². The average molecular weight is 1310 g/mol. The molecule has 2 aromatic heterocycles. The number of anilines is 1. The summed E-state index contributed by atoms with van der Waals surface area (Å²) in [5.74, 6) is 8.43.